The number of nitrogens with one attached hydrogen (secondary N) is 1. The van der Waals surface area contributed by atoms with E-state index in [1.165, 1.54) is 12.4 Å². The maximum Gasteiger partial charge on any atom is 0.274 e. The van der Waals surface area contributed by atoms with Crippen LogP contribution in [0.1, 0.15) is 16.9 Å². The molecule has 3 heterocycles. The van der Waals surface area contributed by atoms with E-state index in [4.69, 9.17) is 6.42 Å². The number of rotatable bonds is 4. The Kier molecular flexibility index (Phi) is 6.38. The number of carbonyl (C=O) groups excluding carboxylic acids is 1. The SMILES string of the molecule is C#CC1CN(c2ccncc2NC(=O)c2ccc(F)c(-c3c(F)cc(O)cc3F)n2)CCC1O. The Labute approximate surface area is 192 Å². The van der Waals surface area contributed by atoms with E-state index in [0.29, 0.717) is 43.0 Å². The molecule has 1 fully saturated rings. The molecule has 1 aliphatic rings. The van der Waals surface area contributed by atoms with Gasteiger partial charge >= 0.3 is 0 Å². The number of piperidine rings is 1. The van der Waals surface area contributed by atoms with Crippen molar-refractivity contribution < 1.29 is 28.2 Å². The molecule has 1 saturated heterocycles. The molecule has 174 valence electrons. The van der Waals surface area contributed by atoms with Gasteiger partial charge in [0.15, 0.2) is 0 Å². The van der Waals surface area contributed by atoms with E-state index in [1.54, 1.807) is 6.07 Å². The highest BCUT2D eigenvalue weighted by atomic mass is 19.1. The van der Waals surface area contributed by atoms with Gasteiger partial charge in [-0.25, -0.2) is 18.2 Å². The smallest absolute Gasteiger partial charge is 0.274 e. The number of hydrogen-bond acceptors (Lipinski definition) is 6. The van der Waals surface area contributed by atoms with Crippen LogP contribution in [0.3, 0.4) is 0 Å². The molecule has 0 aliphatic carbocycles. The molecule has 4 rings (SSSR count). The summed E-state index contributed by atoms with van der Waals surface area (Å²) in [5.74, 6) is -2.77. The van der Waals surface area contributed by atoms with E-state index < -0.39 is 46.5 Å². The van der Waals surface area contributed by atoms with Crippen molar-refractivity contribution in [3.05, 3.63) is 65.9 Å². The number of aliphatic hydroxyl groups is 1. The average Bonchev–Trinajstić information content (AvgIpc) is 2.80. The molecule has 3 aromatic rings. The van der Waals surface area contributed by atoms with Crippen molar-refractivity contribution in [1.82, 2.24) is 9.97 Å². The largest absolute Gasteiger partial charge is 0.508 e. The number of halogens is 3. The number of aliphatic hydroxyl groups excluding tert-OH is 1. The third-order valence-corrected chi connectivity index (χ3v) is 5.52. The van der Waals surface area contributed by atoms with Crippen LogP contribution in [-0.4, -0.2) is 45.3 Å². The fourth-order valence-corrected chi connectivity index (χ4v) is 3.80. The minimum absolute atomic E-state index is 0.298. The number of pyridine rings is 2. The lowest BCUT2D eigenvalue weighted by atomic mass is 9.95. The van der Waals surface area contributed by atoms with Gasteiger partial charge in [0, 0.05) is 31.4 Å². The molecular formula is C24H19F3N4O3. The van der Waals surface area contributed by atoms with Gasteiger partial charge in [0.05, 0.1) is 35.2 Å². The molecule has 2 atom stereocenters. The minimum Gasteiger partial charge on any atom is -0.508 e. The molecule has 0 bridgehead atoms. The third kappa shape index (κ3) is 4.51. The number of phenolic OH excluding ortho intramolecular Hbond substituents is 1. The Morgan fingerprint density at radius 3 is 2.62 bits per heavy atom. The number of aromatic hydroxyl groups is 1. The van der Waals surface area contributed by atoms with Crippen LogP contribution in [0.2, 0.25) is 0 Å². The summed E-state index contributed by atoms with van der Waals surface area (Å²) in [6, 6.07) is 4.86. The molecule has 2 unspecified atom stereocenters. The summed E-state index contributed by atoms with van der Waals surface area (Å²) in [7, 11) is 0. The van der Waals surface area contributed by atoms with Crippen molar-refractivity contribution in [1.29, 1.82) is 0 Å². The third-order valence-electron chi connectivity index (χ3n) is 5.52. The Bertz CT molecular complexity index is 1270. The Morgan fingerprint density at radius 1 is 1.18 bits per heavy atom. The van der Waals surface area contributed by atoms with E-state index in [-0.39, 0.29) is 11.6 Å². The molecule has 7 nitrogen and oxygen atoms in total. The Morgan fingerprint density at radius 2 is 1.91 bits per heavy atom. The van der Waals surface area contributed by atoms with Gasteiger partial charge in [-0.1, -0.05) is 5.92 Å². The van der Waals surface area contributed by atoms with E-state index in [0.717, 1.165) is 12.1 Å². The first-order valence-electron chi connectivity index (χ1n) is 10.3. The van der Waals surface area contributed by atoms with Gasteiger partial charge in [0.25, 0.3) is 5.91 Å². The lowest BCUT2D eigenvalue weighted by molar-refractivity contribution is 0.102. The highest BCUT2D eigenvalue weighted by Gasteiger charge is 2.28. The van der Waals surface area contributed by atoms with Crippen molar-refractivity contribution in [3.63, 3.8) is 0 Å². The quantitative estimate of drug-likeness (QED) is 0.508. The molecule has 0 radical (unpaired) electrons. The van der Waals surface area contributed by atoms with Crippen LogP contribution in [0, 0.1) is 35.7 Å². The van der Waals surface area contributed by atoms with E-state index in [2.05, 4.69) is 21.2 Å². The maximum absolute atomic E-state index is 14.4. The standard InChI is InChI=1S/C24H19F3N4O3/c1-2-13-12-31(8-6-21(13)33)20-5-7-28-11-19(20)30-24(34)18-4-3-15(25)23(29-18)22-16(26)9-14(32)10-17(22)27/h1,3-5,7,9-11,13,21,32-33H,6,8,12H2,(H,30,34). The fraction of sp³-hybridized carbons (Fsp3) is 0.208. The monoisotopic (exact) mass is 468 g/mol. The molecule has 0 spiro atoms. The molecule has 34 heavy (non-hydrogen) atoms. The molecule has 10 heteroatoms. The first kappa shape index (κ1) is 23.1. The number of phenols is 1. The van der Waals surface area contributed by atoms with Crippen molar-refractivity contribution in [2.45, 2.75) is 12.5 Å². The van der Waals surface area contributed by atoms with E-state index in [1.807, 2.05) is 4.90 Å². The predicted molar refractivity (Wildman–Crippen MR) is 119 cm³/mol. The zero-order valence-electron chi connectivity index (χ0n) is 17.7. The highest BCUT2D eigenvalue weighted by molar-refractivity contribution is 6.04. The molecule has 2 aromatic heterocycles. The molecule has 0 saturated carbocycles. The molecular weight excluding hydrogens is 449 g/mol. The van der Waals surface area contributed by atoms with Crippen LogP contribution in [0.15, 0.2) is 42.7 Å². The molecule has 1 aliphatic heterocycles. The van der Waals surface area contributed by atoms with Crippen LogP contribution < -0.4 is 10.2 Å². The van der Waals surface area contributed by atoms with E-state index >= 15 is 0 Å². The molecule has 1 amide bonds. The van der Waals surface area contributed by atoms with Crippen molar-refractivity contribution in [2.75, 3.05) is 23.3 Å². The second kappa shape index (κ2) is 9.41. The van der Waals surface area contributed by atoms with Gasteiger partial charge < -0.3 is 20.4 Å². The van der Waals surface area contributed by atoms with Gasteiger partial charge in [-0.2, -0.15) is 0 Å². The van der Waals surface area contributed by atoms with Crippen LogP contribution in [0.5, 0.6) is 5.75 Å². The van der Waals surface area contributed by atoms with Crippen LogP contribution in [0.4, 0.5) is 24.5 Å². The topological polar surface area (TPSA) is 98.6 Å². The molecule has 3 N–H and O–H groups in total. The zero-order valence-corrected chi connectivity index (χ0v) is 17.7. The van der Waals surface area contributed by atoms with Crippen molar-refractivity contribution in [3.8, 4) is 29.4 Å². The number of nitrogens with zero attached hydrogens (tertiary/aromatic N) is 3. The Hall–Kier alpha value is -4.10. The summed E-state index contributed by atoms with van der Waals surface area (Å²) >= 11 is 0. The first-order valence-corrected chi connectivity index (χ1v) is 10.3. The van der Waals surface area contributed by atoms with E-state index in [9.17, 15) is 28.2 Å². The number of amides is 1. The number of terminal acetylenes is 1. The fourth-order valence-electron chi connectivity index (χ4n) is 3.80. The maximum atomic E-state index is 14.4. The number of hydrogen-bond donors (Lipinski definition) is 3. The summed E-state index contributed by atoms with van der Waals surface area (Å²) in [6.45, 7) is 0.855. The second-order valence-corrected chi connectivity index (χ2v) is 7.73. The Balaban J connectivity index is 1.63. The van der Waals surface area contributed by atoms with Crippen LogP contribution >= 0.6 is 0 Å². The summed E-state index contributed by atoms with van der Waals surface area (Å²) in [6.07, 6.45) is 8.27. The summed E-state index contributed by atoms with van der Waals surface area (Å²) in [5, 5.41) is 22.0. The number of aromatic nitrogens is 2. The lowest BCUT2D eigenvalue weighted by Gasteiger charge is -2.36. The first-order chi connectivity index (χ1) is 16.3. The van der Waals surface area contributed by atoms with Crippen molar-refractivity contribution in [2.24, 2.45) is 5.92 Å². The summed E-state index contributed by atoms with van der Waals surface area (Å²) in [5.41, 5.74) is -0.897. The average molecular weight is 468 g/mol. The number of anilines is 2. The lowest BCUT2D eigenvalue weighted by Crippen LogP contribution is -2.43. The van der Waals surface area contributed by atoms with Gasteiger partial charge in [-0.05, 0) is 24.6 Å². The zero-order chi connectivity index (χ0) is 24.4. The van der Waals surface area contributed by atoms with Gasteiger partial charge in [-0.15, -0.1) is 6.42 Å². The predicted octanol–water partition coefficient (Wildman–Crippen LogP) is 3.34. The van der Waals surface area contributed by atoms with Gasteiger partial charge in [-0.3, -0.25) is 9.78 Å². The second-order valence-electron chi connectivity index (χ2n) is 7.73. The van der Waals surface area contributed by atoms with Crippen molar-refractivity contribution >= 4 is 17.3 Å². The summed E-state index contributed by atoms with van der Waals surface area (Å²) < 4.78 is 42.9. The van der Waals surface area contributed by atoms with Crippen LogP contribution in [-0.2, 0) is 0 Å². The van der Waals surface area contributed by atoms with Gasteiger partial charge in [0.1, 0.15) is 34.6 Å². The van der Waals surface area contributed by atoms with Crippen LogP contribution in [0.25, 0.3) is 11.3 Å². The molecule has 1 aromatic carbocycles. The highest BCUT2D eigenvalue weighted by Crippen LogP contribution is 2.32. The number of benzene rings is 1. The normalized spacial score (nSPS) is 17.8. The van der Waals surface area contributed by atoms with Gasteiger partial charge in [0.2, 0.25) is 0 Å². The number of carbonyl (C=O) groups is 1. The minimum atomic E-state index is -1.23. The summed E-state index contributed by atoms with van der Waals surface area (Å²) in [4.78, 5) is 22.6.